The molecule has 2 rings (SSSR count). The molecule has 1 atom stereocenters. The van der Waals surface area contributed by atoms with Gasteiger partial charge in [0.2, 0.25) is 0 Å². The monoisotopic (exact) mass is 187 g/mol. The summed E-state index contributed by atoms with van der Waals surface area (Å²) in [5.74, 6) is 0. The van der Waals surface area contributed by atoms with Crippen molar-refractivity contribution in [1.29, 1.82) is 5.26 Å². The average molecular weight is 187 g/mol. The first kappa shape index (κ1) is 8.89. The smallest absolute Gasteiger partial charge is 0.114 e. The van der Waals surface area contributed by atoms with Crippen LogP contribution in [-0.2, 0) is 6.42 Å². The molecule has 0 spiro atoms. The van der Waals surface area contributed by atoms with Crippen molar-refractivity contribution in [3.05, 3.63) is 23.8 Å². The van der Waals surface area contributed by atoms with Crippen LogP contribution in [-0.4, -0.2) is 12.6 Å². The molecule has 2 N–H and O–H groups in total. The summed E-state index contributed by atoms with van der Waals surface area (Å²) >= 11 is 0. The summed E-state index contributed by atoms with van der Waals surface area (Å²) in [4.78, 5) is 2.10. The van der Waals surface area contributed by atoms with E-state index < -0.39 is 0 Å². The summed E-state index contributed by atoms with van der Waals surface area (Å²) in [5, 5.41) is 8.87. The van der Waals surface area contributed by atoms with E-state index in [1.807, 2.05) is 25.1 Å². The van der Waals surface area contributed by atoms with Crippen LogP contribution in [0, 0.1) is 11.3 Å². The molecule has 1 aromatic carbocycles. The topological polar surface area (TPSA) is 53.0 Å². The summed E-state index contributed by atoms with van der Waals surface area (Å²) in [7, 11) is 0. The van der Waals surface area contributed by atoms with Crippen molar-refractivity contribution in [2.75, 3.05) is 17.2 Å². The summed E-state index contributed by atoms with van der Waals surface area (Å²) in [6, 6.07) is 8.07. The van der Waals surface area contributed by atoms with Crippen LogP contribution in [0.2, 0.25) is 0 Å². The molecule has 14 heavy (non-hydrogen) atoms. The molecule has 1 aliphatic heterocycles. The van der Waals surface area contributed by atoms with E-state index in [-0.39, 0.29) is 6.04 Å². The van der Waals surface area contributed by atoms with Gasteiger partial charge in [0.25, 0.3) is 0 Å². The Morgan fingerprint density at radius 1 is 1.57 bits per heavy atom. The summed E-state index contributed by atoms with van der Waals surface area (Å²) < 4.78 is 0. The van der Waals surface area contributed by atoms with E-state index in [0.717, 1.165) is 24.3 Å². The maximum Gasteiger partial charge on any atom is 0.114 e. The zero-order valence-corrected chi connectivity index (χ0v) is 8.20. The fourth-order valence-electron chi connectivity index (χ4n) is 1.96. The number of nitrogen functional groups attached to an aromatic ring is 1. The molecule has 1 unspecified atom stereocenters. The van der Waals surface area contributed by atoms with Gasteiger partial charge in [-0.15, -0.1) is 0 Å². The first-order chi connectivity index (χ1) is 6.74. The minimum Gasteiger partial charge on any atom is -0.398 e. The maximum atomic E-state index is 8.87. The highest BCUT2D eigenvalue weighted by molar-refractivity contribution is 5.68. The summed E-state index contributed by atoms with van der Waals surface area (Å²) in [6.45, 7) is 2.82. The Labute approximate surface area is 83.7 Å². The van der Waals surface area contributed by atoms with E-state index >= 15 is 0 Å². The highest BCUT2D eigenvalue weighted by Crippen LogP contribution is 2.33. The van der Waals surface area contributed by atoms with Crippen LogP contribution in [0.4, 0.5) is 11.4 Å². The largest absolute Gasteiger partial charge is 0.398 e. The van der Waals surface area contributed by atoms with Crippen molar-refractivity contribution >= 4 is 11.4 Å². The predicted octanol–water partition coefficient (Wildman–Crippen LogP) is 1.54. The molecule has 3 heteroatoms. The van der Waals surface area contributed by atoms with Crippen LogP contribution in [0.1, 0.15) is 12.5 Å². The van der Waals surface area contributed by atoms with E-state index in [1.54, 1.807) is 0 Å². The average Bonchev–Trinajstić information content (AvgIpc) is 2.62. The molecule has 0 radical (unpaired) electrons. The van der Waals surface area contributed by atoms with Crippen molar-refractivity contribution in [1.82, 2.24) is 0 Å². The lowest BCUT2D eigenvalue weighted by atomic mass is 10.1. The van der Waals surface area contributed by atoms with Gasteiger partial charge in [0.05, 0.1) is 6.07 Å². The molecule has 0 bridgehead atoms. The number of benzene rings is 1. The van der Waals surface area contributed by atoms with Crippen LogP contribution in [0.5, 0.6) is 0 Å². The lowest BCUT2D eigenvalue weighted by Crippen LogP contribution is -2.29. The summed E-state index contributed by atoms with van der Waals surface area (Å²) in [6.07, 6.45) is 0.952. The predicted molar refractivity (Wildman–Crippen MR) is 57.0 cm³/mol. The third-order valence-electron chi connectivity index (χ3n) is 2.75. The third-order valence-corrected chi connectivity index (χ3v) is 2.75. The quantitative estimate of drug-likeness (QED) is 0.678. The van der Waals surface area contributed by atoms with Gasteiger partial charge in [-0.2, -0.15) is 5.26 Å². The Morgan fingerprint density at radius 3 is 3.07 bits per heavy atom. The second-order valence-corrected chi connectivity index (χ2v) is 3.59. The molecule has 1 heterocycles. The number of nitriles is 1. The van der Waals surface area contributed by atoms with Gasteiger partial charge in [-0.1, -0.05) is 6.07 Å². The molecule has 0 fully saturated rings. The van der Waals surface area contributed by atoms with E-state index in [9.17, 15) is 0 Å². The van der Waals surface area contributed by atoms with Crippen LogP contribution < -0.4 is 10.6 Å². The zero-order valence-electron chi connectivity index (χ0n) is 8.20. The first-order valence-corrected chi connectivity index (χ1v) is 4.77. The van der Waals surface area contributed by atoms with Crippen LogP contribution in [0.3, 0.4) is 0 Å². The van der Waals surface area contributed by atoms with Crippen molar-refractivity contribution in [2.45, 2.75) is 19.4 Å². The number of hydrogen-bond donors (Lipinski definition) is 1. The molecule has 0 saturated heterocycles. The molecule has 0 aliphatic carbocycles. The van der Waals surface area contributed by atoms with Crippen molar-refractivity contribution in [3.8, 4) is 6.07 Å². The number of fused-ring (bicyclic) bond motifs is 1. The number of rotatable bonds is 1. The van der Waals surface area contributed by atoms with Gasteiger partial charge in [0.1, 0.15) is 6.04 Å². The number of anilines is 2. The molecule has 1 aliphatic rings. The molecular weight excluding hydrogens is 174 g/mol. The second kappa shape index (κ2) is 3.22. The fourth-order valence-corrected chi connectivity index (χ4v) is 1.96. The van der Waals surface area contributed by atoms with Crippen LogP contribution in [0.15, 0.2) is 18.2 Å². The van der Waals surface area contributed by atoms with Crippen molar-refractivity contribution in [2.24, 2.45) is 0 Å². The minimum atomic E-state index is -0.0713. The second-order valence-electron chi connectivity index (χ2n) is 3.59. The molecule has 0 saturated carbocycles. The molecular formula is C11H13N3. The van der Waals surface area contributed by atoms with Crippen molar-refractivity contribution < 1.29 is 0 Å². The maximum absolute atomic E-state index is 8.87. The lowest BCUT2D eigenvalue weighted by molar-refractivity contribution is 0.774. The SMILES string of the molecule is CC(C#N)N1CCc2c(N)cccc21. The number of nitrogens with two attached hydrogens (primary N) is 1. The van der Waals surface area contributed by atoms with Gasteiger partial charge >= 0.3 is 0 Å². The zero-order chi connectivity index (χ0) is 10.1. The Morgan fingerprint density at radius 2 is 2.36 bits per heavy atom. The molecule has 0 amide bonds. The molecule has 3 nitrogen and oxygen atoms in total. The van der Waals surface area contributed by atoms with Gasteiger partial charge in [-0.05, 0) is 25.5 Å². The Balaban J connectivity index is 2.41. The Kier molecular flexibility index (Phi) is 2.05. The van der Waals surface area contributed by atoms with E-state index in [1.165, 1.54) is 5.56 Å². The number of hydrogen-bond acceptors (Lipinski definition) is 3. The normalized spacial score (nSPS) is 16.1. The molecule has 72 valence electrons. The fraction of sp³-hybridized carbons (Fsp3) is 0.364. The van der Waals surface area contributed by atoms with E-state index in [2.05, 4.69) is 11.0 Å². The van der Waals surface area contributed by atoms with Gasteiger partial charge < -0.3 is 10.6 Å². The van der Waals surface area contributed by atoms with Gasteiger partial charge in [0, 0.05) is 23.5 Å². The van der Waals surface area contributed by atoms with Gasteiger partial charge in [-0.3, -0.25) is 0 Å². The van der Waals surface area contributed by atoms with Crippen LogP contribution >= 0.6 is 0 Å². The Hall–Kier alpha value is -1.69. The van der Waals surface area contributed by atoms with E-state index in [0.29, 0.717) is 0 Å². The van der Waals surface area contributed by atoms with Crippen molar-refractivity contribution in [3.63, 3.8) is 0 Å². The molecule has 0 aromatic heterocycles. The molecule has 1 aromatic rings. The van der Waals surface area contributed by atoms with Gasteiger partial charge in [0.15, 0.2) is 0 Å². The highest BCUT2D eigenvalue weighted by Gasteiger charge is 2.24. The van der Waals surface area contributed by atoms with Crippen LogP contribution in [0.25, 0.3) is 0 Å². The highest BCUT2D eigenvalue weighted by atomic mass is 15.2. The van der Waals surface area contributed by atoms with E-state index in [4.69, 9.17) is 11.0 Å². The van der Waals surface area contributed by atoms with Gasteiger partial charge in [-0.25, -0.2) is 0 Å². The summed E-state index contributed by atoms with van der Waals surface area (Å²) in [5.41, 5.74) is 9.02. The lowest BCUT2D eigenvalue weighted by Gasteiger charge is -2.21. The third kappa shape index (κ3) is 1.20. The Bertz CT molecular complexity index is 392. The standard InChI is InChI=1S/C11H13N3/c1-8(7-12)14-6-5-9-10(13)3-2-4-11(9)14/h2-4,8H,5-6,13H2,1H3. The number of nitrogens with zero attached hydrogens (tertiary/aromatic N) is 2. The minimum absolute atomic E-state index is 0.0713. The first-order valence-electron chi connectivity index (χ1n) is 4.77.